The second-order valence-electron chi connectivity index (χ2n) is 6.85. The first-order valence-electron chi connectivity index (χ1n) is 8.64. The molecule has 1 aromatic rings. The van der Waals surface area contributed by atoms with Gasteiger partial charge in [0.2, 0.25) is 5.91 Å². The van der Waals surface area contributed by atoms with E-state index in [1.165, 1.54) is 0 Å². The molecule has 1 amide bonds. The number of piperazine rings is 1. The topological polar surface area (TPSA) is 55.8 Å². The van der Waals surface area contributed by atoms with Gasteiger partial charge in [0.25, 0.3) is 0 Å². The van der Waals surface area contributed by atoms with Gasteiger partial charge >= 0.3 is 0 Å². The fraction of sp³-hybridized carbons (Fsp3) is 0.611. The highest BCUT2D eigenvalue weighted by molar-refractivity contribution is 5.79. The molecule has 3 rings (SSSR count). The molecule has 2 atom stereocenters. The Hall–Kier alpha value is -1.59. The van der Waals surface area contributed by atoms with Crippen LogP contribution in [0.25, 0.3) is 0 Å². The van der Waals surface area contributed by atoms with Crippen molar-refractivity contribution in [1.29, 1.82) is 0 Å². The van der Waals surface area contributed by atoms with Crippen molar-refractivity contribution in [3.63, 3.8) is 0 Å². The first-order chi connectivity index (χ1) is 11.1. The smallest absolute Gasteiger partial charge is 0.225 e. The average molecular weight is 317 g/mol. The molecule has 5 nitrogen and oxygen atoms in total. The van der Waals surface area contributed by atoms with Gasteiger partial charge in [0.1, 0.15) is 5.75 Å². The second kappa shape index (κ2) is 7.32. The van der Waals surface area contributed by atoms with E-state index in [0.29, 0.717) is 17.7 Å². The van der Waals surface area contributed by atoms with Crippen molar-refractivity contribution in [2.24, 2.45) is 5.92 Å². The summed E-state index contributed by atoms with van der Waals surface area (Å²) >= 11 is 0. The number of benzene rings is 1. The maximum atomic E-state index is 12.7. The highest BCUT2D eigenvalue weighted by atomic mass is 16.3. The molecule has 1 aromatic carbocycles. The highest BCUT2D eigenvalue weighted by Gasteiger charge is 2.30. The molecule has 0 spiro atoms. The summed E-state index contributed by atoms with van der Waals surface area (Å²) in [4.78, 5) is 17.0. The Kier molecular flexibility index (Phi) is 5.18. The number of aromatic hydroxyl groups is 1. The van der Waals surface area contributed by atoms with E-state index in [2.05, 4.69) is 17.1 Å². The number of nitrogens with one attached hydrogen (secondary N) is 1. The van der Waals surface area contributed by atoms with Gasteiger partial charge in [-0.05, 0) is 44.0 Å². The van der Waals surface area contributed by atoms with Gasteiger partial charge in [0, 0.05) is 44.7 Å². The Labute approximate surface area is 138 Å². The lowest BCUT2D eigenvalue weighted by Crippen LogP contribution is -2.51. The summed E-state index contributed by atoms with van der Waals surface area (Å²) in [5.74, 6) is 0.857. The van der Waals surface area contributed by atoms with E-state index in [-0.39, 0.29) is 5.92 Å². The van der Waals surface area contributed by atoms with Gasteiger partial charge in [-0.15, -0.1) is 0 Å². The molecule has 2 aliphatic heterocycles. The predicted octanol–water partition coefficient (Wildman–Crippen LogP) is 1.42. The monoisotopic (exact) mass is 317 g/mol. The van der Waals surface area contributed by atoms with Crippen LogP contribution in [0, 0.1) is 5.92 Å². The third-order valence-corrected chi connectivity index (χ3v) is 4.97. The Morgan fingerprint density at radius 3 is 2.78 bits per heavy atom. The zero-order valence-corrected chi connectivity index (χ0v) is 13.9. The second-order valence-corrected chi connectivity index (χ2v) is 6.85. The van der Waals surface area contributed by atoms with Crippen LogP contribution in [0.2, 0.25) is 0 Å². The van der Waals surface area contributed by atoms with Gasteiger partial charge in [0.05, 0.1) is 0 Å². The Bertz CT molecular complexity index is 541. The van der Waals surface area contributed by atoms with Gasteiger partial charge in [-0.2, -0.15) is 0 Å². The normalized spacial score (nSPS) is 26.2. The molecule has 5 heteroatoms. The van der Waals surface area contributed by atoms with E-state index in [1.807, 2.05) is 23.1 Å². The number of amides is 1. The molecule has 0 aromatic heterocycles. The van der Waals surface area contributed by atoms with E-state index >= 15 is 0 Å². The first kappa shape index (κ1) is 16.3. The largest absolute Gasteiger partial charge is 0.508 e. The molecule has 126 valence electrons. The van der Waals surface area contributed by atoms with E-state index in [1.54, 1.807) is 6.07 Å². The van der Waals surface area contributed by atoms with E-state index in [4.69, 9.17) is 0 Å². The number of phenolic OH excluding ortho intramolecular Hbond substituents is 1. The van der Waals surface area contributed by atoms with E-state index < -0.39 is 0 Å². The number of hydrogen-bond acceptors (Lipinski definition) is 4. The van der Waals surface area contributed by atoms with Crippen molar-refractivity contribution in [2.45, 2.75) is 32.4 Å². The highest BCUT2D eigenvalue weighted by Crippen LogP contribution is 2.20. The molecule has 2 heterocycles. The lowest BCUT2D eigenvalue weighted by atomic mass is 9.92. The molecule has 0 saturated carbocycles. The van der Waals surface area contributed by atoms with Crippen molar-refractivity contribution in [3.05, 3.63) is 29.8 Å². The van der Waals surface area contributed by atoms with Crippen molar-refractivity contribution < 1.29 is 9.90 Å². The van der Waals surface area contributed by atoms with Crippen molar-refractivity contribution in [2.75, 3.05) is 32.7 Å². The van der Waals surface area contributed by atoms with Gasteiger partial charge in [0.15, 0.2) is 0 Å². The fourth-order valence-corrected chi connectivity index (χ4v) is 3.65. The van der Waals surface area contributed by atoms with Crippen LogP contribution < -0.4 is 5.32 Å². The number of rotatable bonds is 3. The summed E-state index contributed by atoms with van der Waals surface area (Å²) in [5, 5.41) is 13.0. The van der Waals surface area contributed by atoms with Crippen LogP contribution in [0.1, 0.15) is 25.3 Å². The van der Waals surface area contributed by atoms with Crippen LogP contribution in [-0.4, -0.2) is 59.6 Å². The van der Waals surface area contributed by atoms with Crippen molar-refractivity contribution in [1.82, 2.24) is 15.1 Å². The predicted molar refractivity (Wildman–Crippen MR) is 90.2 cm³/mol. The Morgan fingerprint density at radius 2 is 2.09 bits per heavy atom. The van der Waals surface area contributed by atoms with Crippen LogP contribution in [0.5, 0.6) is 5.75 Å². The summed E-state index contributed by atoms with van der Waals surface area (Å²) in [6, 6.07) is 7.87. The molecule has 0 bridgehead atoms. The zero-order chi connectivity index (χ0) is 16.2. The minimum atomic E-state index is 0.198. The van der Waals surface area contributed by atoms with Crippen LogP contribution >= 0.6 is 0 Å². The summed E-state index contributed by atoms with van der Waals surface area (Å²) in [6.45, 7) is 7.39. The van der Waals surface area contributed by atoms with Gasteiger partial charge < -0.3 is 15.3 Å². The summed E-state index contributed by atoms with van der Waals surface area (Å²) in [7, 11) is 0. The fourth-order valence-electron chi connectivity index (χ4n) is 3.65. The Morgan fingerprint density at radius 1 is 1.30 bits per heavy atom. The molecule has 2 aliphatic rings. The molecular weight excluding hydrogens is 290 g/mol. The zero-order valence-electron chi connectivity index (χ0n) is 13.9. The minimum absolute atomic E-state index is 0.198. The van der Waals surface area contributed by atoms with Crippen LogP contribution in [0.4, 0.5) is 0 Å². The molecule has 23 heavy (non-hydrogen) atoms. The average Bonchev–Trinajstić information content (AvgIpc) is 2.55. The van der Waals surface area contributed by atoms with Gasteiger partial charge in [-0.1, -0.05) is 12.1 Å². The number of piperidine rings is 1. The summed E-state index contributed by atoms with van der Waals surface area (Å²) < 4.78 is 0. The third kappa shape index (κ3) is 4.24. The van der Waals surface area contributed by atoms with Crippen molar-refractivity contribution >= 4 is 5.91 Å². The van der Waals surface area contributed by atoms with Crippen LogP contribution in [0.15, 0.2) is 24.3 Å². The van der Waals surface area contributed by atoms with Gasteiger partial charge in [-0.25, -0.2) is 0 Å². The number of phenols is 1. The summed E-state index contributed by atoms with van der Waals surface area (Å²) in [6.07, 6.45) is 1.93. The number of hydrogen-bond donors (Lipinski definition) is 2. The quantitative estimate of drug-likeness (QED) is 0.885. The molecule has 0 radical (unpaired) electrons. The van der Waals surface area contributed by atoms with E-state index in [9.17, 15) is 9.90 Å². The van der Waals surface area contributed by atoms with Crippen LogP contribution in [0.3, 0.4) is 0 Å². The lowest BCUT2D eigenvalue weighted by molar-refractivity contribution is -0.138. The molecule has 2 N–H and O–H groups in total. The number of carbonyl (C=O) groups excluding carboxylic acids is 1. The molecule has 0 aliphatic carbocycles. The number of nitrogens with zero attached hydrogens (tertiary/aromatic N) is 2. The maximum absolute atomic E-state index is 12.7. The first-order valence-corrected chi connectivity index (χ1v) is 8.64. The third-order valence-electron chi connectivity index (χ3n) is 4.97. The standard InChI is InChI=1S/C18H27N3O2/c1-14-11-16(5-6-19-14)18(23)21-9-7-20(8-10-21)13-15-3-2-4-17(22)12-15/h2-4,12,14,16,19,22H,5-11,13H2,1H3/t14-,16-/m0/s1. The van der Waals surface area contributed by atoms with Crippen molar-refractivity contribution in [3.8, 4) is 5.75 Å². The summed E-state index contributed by atoms with van der Waals surface area (Å²) in [5.41, 5.74) is 1.12. The molecule has 2 fully saturated rings. The minimum Gasteiger partial charge on any atom is -0.508 e. The maximum Gasteiger partial charge on any atom is 0.225 e. The Balaban J connectivity index is 1.49. The molecule has 2 saturated heterocycles. The lowest BCUT2D eigenvalue weighted by Gasteiger charge is -2.38. The molecule has 0 unspecified atom stereocenters. The number of carbonyl (C=O) groups is 1. The van der Waals surface area contributed by atoms with E-state index in [0.717, 1.165) is 57.7 Å². The van der Waals surface area contributed by atoms with Gasteiger partial charge in [-0.3, -0.25) is 9.69 Å². The molecular formula is C18H27N3O2. The SMILES string of the molecule is C[C@H]1C[C@@H](C(=O)N2CCN(Cc3cccc(O)c3)CC2)CCN1. The van der Waals surface area contributed by atoms with Crippen LogP contribution in [-0.2, 0) is 11.3 Å².